The van der Waals surface area contributed by atoms with E-state index in [-0.39, 0.29) is 23.3 Å². The van der Waals surface area contributed by atoms with Crippen LogP contribution in [0.3, 0.4) is 0 Å². The largest absolute Gasteiger partial charge is 0.456 e. The van der Waals surface area contributed by atoms with Gasteiger partial charge in [0.05, 0.1) is 33.0 Å². The Morgan fingerprint density at radius 2 is 0.721 bits per heavy atom. The lowest BCUT2D eigenvalue weighted by molar-refractivity contribution is 0.623. The van der Waals surface area contributed by atoms with Gasteiger partial charge in [-0.2, -0.15) is 0 Å². The molecular weight excluding hydrogens is 1070 g/mol. The van der Waals surface area contributed by atoms with Crippen molar-refractivity contribution in [3.8, 4) is 22.3 Å². The van der Waals surface area contributed by atoms with Crippen LogP contribution in [0.5, 0.6) is 0 Å². The summed E-state index contributed by atoms with van der Waals surface area (Å²) in [5.74, 6) is -1.43. The van der Waals surface area contributed by atoms with Crippen molar-refractivity contribution in [3.05, 3.63) is 358 Å². The van der Waals surface area contributed by atoms with Crippen molar-refractivity contribution in [2.45, 2.75) is 17.8 Å². The molecule has 0 N–H and O–H groups in total. The predicted octanol–water partition coefficient (Wildman–Crippen LogP) is 21.4. The maximum absolute atomic E-state index is 15.3. The van der Waals surface area contributed by atoms with Gasteiger partial charge in [-0.3, -0.25) is 0 Å². The predicted molar refractivity (Wildman–Crippen MR) is 342 cm³/mol. The molecule has 86 heavy (non-hydrogen) atoms. The van der Waals surface area contributed by atoms with Gasteiger partial charge in [0.15, 0.2) is 0 Å². The molecule has 0 radical (unpaired) electrons. The molecule has 7 heteroatoms. The van der Waals surface area contributed by atoms with E-state index < -0.39 is 10.8 Å². The lowest BCUT2D eigenvalue weighted by atomic mass is 9.66. The molecule has 412 valence electrons. The van der Waals surface area contributed by atoms with Crippen LogP contribution < -0.4 is 9.80 Å². The van der Waals surface area contributed by atoms with Crippen molar-refractivity contribution in [2.75, 3.05) is 9.80 Å². The minimum absolute atomic E-state index is 0.321. The van der Waals surface area contributed by atoms with E-state index in [2.05, 4.69) is 162 Å². The first kappa shape index (κ1) is 52.1. The van der Waals surface area contributed by atoms with Crippen molar-refractivity contribution in [1.29, 1.82) is 0 Å². The van der Waals surface area contributed by atoms with Gasteiger partial charge < -0.3 is 14.2 Å². The van der Waals surface area contributed by atoms with Crippen molar-refractivity contribution in [3.63, 3.8) is 0 Å². The molecule has 0 saturated heterocycles. The first-order valence-electron chi connectivity index (χ1n) is 28.6. The maximum Gasteiger partial charge on any atom is 0.137 e. The van der Waals surface area contributed by atoms with Crippen LogP contribution in [0.2, 0.25) is 0 Å². The van der Waals surface area contributed by atoms with Gasteiger partial charge in [0.25, 0.3) is 0 Å². The number of rotatable bonds is 12. The second-order valence-corrected chi connectivity index (χ2v) is 22.2. The minimum atomic E-state index is -0.911. The Labute approximate surface area is 496 Å². The second-order valence-electron chi connectivity index (χ2n) is 22.2. The molecule has 0 aliphatic heterocycles. The van der Waals surface area contributed by atoms with E-state index in [1.54, 1.807) is 36.4 Å². The summed E-state index contributed by atoms with van der Waals surface area (Å²) in [5, 5.41) is 1.55. The number of aryl methyl sites for hydroxylation is 1. The molecule has 2 aliphatic carbocycles. The van der Waals surface area contributed by atoms with E-state index in [0.717, 1.165) is 117 Å². The van der Waals surface area contributed by atoms with Crippen LogP contribution in [0, 0.1) is 30.2 Å². The van der Waals surface area contributed by atoms with E-state index >= 15 is 17.6 Å². The third-order valence-corrected chi connectivity index (χ3v) is 17.7. The Balaban J connectivity index is 0.988. The lowest BCUT2D eigenvalue weighted by Crippen LogP contribution is -2.30. The Morgan fingerprint density at radius 3 is 1.19 bits per heavy atom. The summed E-state index contributed by atoms with van der Waals surface area (Å²) < 4.78 is 68.0. The molecule has 0 saturated carbocycles. The quantitative estimate of drug-likeness (QED) is 0.114. The number of hydrogen-bond donors (Lipinski definition) is 0. The summed E-state index contributed by atoms with van der Waals surface area (Å²) in [6.45, 7) is 10.1. The molecule has 2 unspecified atom stereocenters. The van der Waals surface area contributed by atoms with Gasteiger partial charge in [0.1, 0.15) is 34.4 Å². The Bertz CT molecular complexity index is 4860. The third-order valence-electron chi connectivity index (χ3n) is 17.7. The molecule has 13 aromatic rings. The number of anilines is 6. The fraction of sp³-hybridized carbons (Fsp3) is 0.0380. The molecule has 3 nitrogen and oxygen atoms in total. The van der Waals surface area contributed by atoms with Crippen LogP contribution in [0.25, 0.3) is 56.3 Å². The number of hydrogen-bond acceptors (Lipinski definition) is 3. The Kier molecular flexibility index (Phi) is 12.3. The van der Waals surface area contributed by atoms with Crippen LogP contribution in [0.15, 0.2) is 278 Å². The van der Waals surface area contributed by atoms with E-state index in [1.807, 2.05) is 67.6 Å². The maximum atomic E-state index is 15.3. The summed E-state index contributed by atoms with van der Waals surface area (Å²) in [7, 11) is 0. The highest BCUT2D eigenvalue weighted by Gasteiger charge is 2.49. The zero-order valence-electron chi connectivity index (χ0n) is 46.7. The lowest BCUT2D eigenvalue weighted by Gasteiger charge is -2.36. The van der Waals surface area contributed by atoms with Crippen LogP contribution >= 0.6 is 0 Å². The minimum Gasteiger partial charge on any atom is -0.456 e. The molecule has 0 fully saturated rings. The number of benzene rings is 12. The van der Waals surface area contributed by atoms with Gasteiger partial charge >= 0.3 is 0 Å². The number of nitrogens with zero attached hydrogens (tertiary/aromatic N) is 2. The summed E-state index contributed by atoms with van der Waals surface area (Å²) in [4.78, 5) is 4.31. The van der Waals surface area contributed by atoms with E-state index in [1.165, 1.54) is 36.4 Å². The average molecular weight is 1120 g/mol. The molecule has 2 atom stereocenters. The highest BCUT2D eigenvalue weighted by Crippen LogP contribution is 2.60. The van der Waals surface area contributed by atoms with Crippen LogP contribution in [-0.4, -0.2) is 0 Å². The standard InChI is InChI=1S/C79H52F4N2O/c1-4-50-20-24-52(25-21-50)78(53-28-30-55(80)31-29-53)68-14-8-6-12-63(68)65-43-41-61(47-70(65)78)84(59-37-32-56(81)33-38-59)72-16-10-18-74-76(72)77-73(17-11-19-75(77)86-74)85(60-39-34-57(82)35-40-60)62-42-44-66-64-13-7-9-15-69(64)79(71(66)48-62,54-26-22-51(5-2)23-27-54)67-45-36-58(83)46-49(67)3/h4-48H,1-2H2,3H3. The van der Waals surface area contributed by atoms with Crippen molar-refractivity contribution < 1.29 is 22.0 Å². The van der Waals surface area contributed by atoms with Crippen LogP contribution in [-0.2, 0) is 10.8 Å². The van der Waals surface area contributed by atoms with Gasteiger partial charge in [0, 0.05) is 22.7 Å². The number of halogens is 4. The summed E-state index contributed by atoms with van der Waals surface area (Å²) >= 11 is 0. The Morgan fingerprint density at radius 1 is 0.337 bits per heavy atom. The molecule has 1 heterocycles. The first-order chi connectivity index (χ1) is 42.1. The molecule has 0 amide bonds. The average Bonchev–Trinajstić information content (AvgIpc) is 1.54. The molecule has 15 rings (SSSR count). The molecule has 12 aromatic carbocycles. The van der Waals surface area contributed by atoms with Crippen molar-refractivity contribution in [2.24, 2.45) is 0 Å². The SMILES string of the molecule is C=Cc1ccc(C2(c3ccc(F)cc3)c3ccccc3-c3ccc(N(c4ccc(F)cc4)c4cccc5oc6cccc(N(c7ccc(F)cc7)c7ccc8c(c7)C(c7ccc(C=C)cc7)(c7ccc(F)cc7C)c7ccccc7-8)c6c45)cc32)cc1. The summed E-state index contributed by atoms with van der Waals surface area (Å²) in [6, 6.07) is 83.6. The van der Waals surface area contributed by atoms with E-state index in [4.69, 9.17) is 4.42 Å². The van der Waals surface area contributed by atoms with Crippen molar-refractivity contribution >= 4 is 68.2 Å². The third kappa shape index (κ3) is 7.88. The zero-order chi connectivity index (χ0) is 58.4. The zero-order valence-corrected chi connectivity index (χ0v) is 46.7. The highest BCUT2D eigenvalue weighted by atomic mass is 19.1. The molecular formula is C79H52F4N2O. The van der Waals surface area contributed by atoms with Gasteiger partial charge in [-0.15, -0.1) is 0 Å². The fourth-order valence-corrected chi connectivity index (χ4v) is 14.1. The smallest absolute Gasteiger partial charge is 0.137 e. The van der Waals surface area contributed by atoms with E-state index in [0.29, 0.717) is 22.5 Å². The van der Waals surface area contributed by atoms with Crippen LogP contribution in [0.4, 0.5) is 51.7 Å². The molecule has 1 aromatic heterocycles. The first-order valence-corrected chi connectivity index (χ1v) is 28.6. The van der Waals surface area contributed by atoms with E-state index in [9.17, 15) is 0 Å². The fourth-order valence-electron chi connectivity index (χ4n) is 14.1. The van der Waals surface area contributed by atoms with Gasteiger partial charge in [-0.25, -0.2) is 17.6 Å². The summed E-state index contributed by atoms with van der Waals surface area (Å²) in [6.07, 6.45) is 3.65. The van der Waals surface area contributed by atoms with Gasteiger partial charge in [-0.05, 0) is 212 Å². The summed E-state index contributed by atoms with van der Waals surface area (Å²) in [5.41, 5.74) is 18.6. The van der Waals surface area contributed by atoms with Gasteiger partial charge in [0.2, 0.25) is 0 Å². The molecule has 2 aliphatic rings. The normalized spacial score (nSPS) is 15.5. The second kappa shape index (κ2) is 20.2. The van der Waals surface area contributed by atoms with Crippen molar-refractivity contribution in [1.82, 2.24) is 0 Å². The number of fused-ring (bicyclic) bond motifs is 9. The van der Waals surface area contributed by atoms with Crippen LogP contribution in [0.1, 0.15) is 61.2 Å². The van der Waals surface area contributed by atoms with Gasteiger partial charge in [-0.1, -0.05) is 165 Å². The topological polar surface area (TPSA) is 19.6 Å². The Hall–Kier alpha value is -10.8. The number of furan rings is 1. The highest BCUT2D eigenvalue weighted by molar-refractivity contribution is 6.19. The molecule has 0 spiro atoms. The molecule has 0 bridgehead atoms. The monoisotopic (exact) mass is 1120 g/mol.